The zero-order valence-corrected chi connectivity index (χ0v) is 14.5. The third-order valence-corrected chi connectivity index (χ3v) is 3.79. The lowest BCUT2D eigenvalue weighted by atomic mass is 10.1. The molecular weight excluding hydrogens is 358 g/mol. The van der Waals surface area contributed by atoms with Gasteiger partial charge in [-0.15, -0.1) is 0 Å². The van der Waals surface area contributed by atoms with Gasteiger partial charge in [0.05, 0.1) is 13.0 Å². The van der Waals surface area contributed by atoms with Crippen LogP contribution in [0.1, 0.15) is 18.1 Å². The van der Waals surface area contributed by atoms with Crippen molar-refractivity contribution < 1.29 is 14.6 Å². The first-order chi connectivity index (χ1) is 11.1. The second-order valence-corrected chi connectivity index (χ2v) is 6.27. The summed E-state index contributed by atoms with van der Waals surface area (Å²) in [6.45, 7) is 2.12. The Morgan fingerprint density at radius 1 is 1.26 bits per heavy atom. The van der Waals surface area contributed by atoms with Gasteiger partial charge in [0.1, 0.15) is 12.4 Å². The van der Waals surface area contributed by atoms with Gasteiger partial charge in [0.15, 0.2) is 0 Å². The fraction of sp³-hybridized carbons (Fsp3) is 0.278. The highest BCUT2D eigenvalue weighted by Gasteiger charge is 2.12. The van der Waals surface area contributed by atoms with Crippen molar-refractivity contribution in [3.05, 3.63) is 64.1 Å². The standard InChI is InChI=1S/C18H20BrNO3/c1-13(11-21)20-18(22)10-15-9-16(19)7-8-17(15)23-12-14-5-3-2-4-6-14/h2-9,13,21H,10-12H2,1H3,(H,20,22). The molecule has 5 heteroatoms. The van der Waals surface area contributed by atoms with Crippen LogP contribution in [0.25, 0.3) is 0 Å². The molecule has 0 saturated heterocycles. The summed E-state index contributed by atoms with van der Waals surface area (Å²) in [5.41, 5.74) is 1.87. The molecule has 1 atom stereocenters. The van der Waals surface area contributed by atoms with E-state index in [2.05, 4.69) is 21.2 Å². The maximum Gasteiger partial charge on any atom is 0.224 e. The quantitative estimate of drug-likeness (QED) is 0.779. The Hall–Kier alpha value is -1.85. The van der Waals surface area contributed by atoms with Crippen LogP contribution in [0.15, 0.2) is 53.0 Å². The van der Waals surface area contributed by atoms with Crippen molar-refractivity contribution in [2.75, 3.05) is 6.61 Å². The Morgan fingerprint density at radius 3 is 2.70 bits per heavy atom. The number of ether oxygens (including phenoxy) is 1. The predicted octanol–water partition coefficient (Wildman–Crippen LogP) is 3.07. The van der Waals surface area contributed by atoms with Gasteiger partial charge in [-0.05, 0) is 30.7 Å². The fourth-order valence-corrected chi connectivity index (χ4v) is 2.52. The topological polar surface area (TPSA) is 58.6 Å². The third-order valence-electron chi connectivity index (χ3n) is 3.29. The lowest BCUT2D eigenvalue weighted by Crippen LogP contribution is -2.36. The number of hydrogen-bond donors (Lipinski definition) is 2. The van der Waals surface area contributed by atoms with Crippen LogP contribution in [0, 0.1) is 0 Å². The van der Waals surface area contributed by atoms with Gasteiger partial charge in [0, 0.05) is 16.1 Å². The number of carbonyl (C=O) groups excluding carboxylic acids is 1. The van der Waals surface area contributed by atoms with E-state index < -0.39 is 0 Å². The largest absolute Gasteiger partial charge is 0.489 e. The van der Waals surface area contributed by atoms with Crippen LogP contribution in [0.4, 0.5) is 0 Å². The number of aliphatic hydroxyl groups excluding tert-OH is 1. The van der Waals surface area contributed by atoms with Gasteiger partial charge in [-0.25, -0.2) is 0 Å². The maximum atomic E-state index is 12.0. The first-order valence-electron chi connectivity index (χ1n) is 7.44. The summed E-state index contributed by atoms with van der Waals surface area (Å²) < 4.78 is 6.75. The highest BCUT2D eigenvalue weighted by atomic mass is 79.9. The van der Waals surface area contributed by atoms with E-state index in [1.54, 1.807) is 6.92 Å². The number of hydrogen-bond acceptors (Lipinski definition) is 3. The van der Waals surface area contributed by atoms with E-state index in [9.17, 15) is 4.79 Å². The molecular formula is C18H20BrNO3. The molecule has 0 aliphatic carbocycles. The van der Waals surface area contributed by atoms with Crippen LogP contribution in [-0.4, -0.2) is 23.7 Å². The molecule has 0 radical (unpaired) electrons. The summed E-state index contributed by atoms with van der Waals surface area (Å²) in [7, 11) is 0. The maximum absolute atomic E-state index is 12.0. The Labute approximate surface area is 144 Å². The number of amides is 1. The van der Waals surface area contributed by atoms with Crippen LogP contribution in [0.2, 0.25) is 0 Å². The van der Waals surface area contributed by atoms with E-state index in [0.29, 0.717) is 12.4 Å². The minimum absolute atomic E-state index is 0.0818. The van der Waals surface area contributed by atoms with Crippen molar-refractivity contribution in [2.45, 2.75) is 26.0 Å². The monoisotopic (exact) mass is 377 g/mol. The van der Waals surface area contributed by atoms with Crippen LogP contribution >= 0.6 is 15.9 Å². The molecule has 122 valence electrons. The second kappa shape index (κ2) is 8.70. The first kappa shape index (κ1) is 17.5. The van der Waals surface area contributed by atoms with Gasteiger partial charge in [0.25, 0.3) is 0 Å². The van der Waals surface area contributed by atoms with Crippen molar-refractivity contribution >= 4 is 21.8 Å². The van der Waals surface area contributed by atoms with Crippen molar-refractivity contribution in [3.8, 4) is 5.75 Å². The van der Waals surface area contributed by atoms with Crippen molar-refractivity contribution in [1.82, 2.24) is 5.32 Å². The summed E-state index contributed by atoms with van der Waals surface area (Å²) in [6, 6.07) is 15.2. The molecule has 23 heavy (non-hydrogen) atoms. The fourth-order valence-electron chi connectivity index (χ4n) is 2.11. The summed E-state index contributed by atoms with van der Waals surface area (Å²) in [5.74, 6) is 0.540. The van der Waals surface area contributed by atoms with Gasteiger partial charge in [-0.1, -0.05) is 46.3 Å². The highest BCUT2D eigenvalue weighted by Crippen LogP contribution is 2.24. The van der Waals surface area contributed by atoms with Gasteiger partial charge in [0.2, 0.25) is 5.91 Å². The van der Waals surface area contributed by atoms with Gasteiger partial charge in [-0.3, -0.25) is 4.79 Å². The summed E-state index contributed by atoms with van der Waals surface area (Å²) in [6.07, 6.45) is 0.202. The zero-order chi connectivity index (χ0) is 16.7. The second-order valence-electron chi connectivity index (χ2n) is 5.35. The van der Waals surface area contributed by atoms with Crippen LogP contribution in [0.3, 0.4) is 0 Å². The van der Waals surface area contributed by atoms with Crippen molar-refractivity contribution in [3.63, 3.8) is 0 Å². The average Bonchev–Trinajstić information content (AvgIpc) is 2.55. The van der Waals surface area contributed by atoms with Gasteiger partial charge in [-0.2, -0.15) is 0 Å². The molecule has 0 fully saturated rings. The van der Waals surface area contributed by atoms with E-state index in [4.69, 9.17) is 9.84 Å². The Bertz CT molecular complexity index is 646. The first-order valence-corrected chi connectivity index (χ1v) is 8.23. The third kappa shape index (κ3) is 5.69. The Morgan fingerprint density at radius 2 is 2.00 bits per heavy atom. The molecule has 0 aliphatic heterocycles. The minimum atomic E-state index is -0.261. The van der Waals surface area contributed by atoms with Gasteiger partial charge >= 0.3 is 0 Å². The molecule has 0 aliphatic rings. The minimum Gasteiger partial charge on any atom is -0.489 e. The molecule has 2 aromatic rings. The SMILES string of the molecule is CC(CO)NC(=O)Cc1cc(Br)ccc1OCc1ccccc1. The normalized spacial score (nSPS) is 11.8. The van der Waals surface area contributed by atoms with E-state index >= 15 is 0 Å². The number of rotatable bonds is 7. The molecule has 0 spiro atoms. The summed E-state index contributed by atoms with van der Waals surface area (Å²) in [5, 5.41) is 11.8. The van der Waals surface area contributed by atoms with Crippen LogP contribution < -0.4 is 10.1 Å². The lowest BCUT2D eigenvalue weighted by Gasteiger charge is -2.14. The lowest BCUT2D eigenvalue weighted by molar-refractivity contribution is -0.121. The molecule has 0 aromatic heterocycles. The molecule has 1 amide bonds. The zero-order valence-electron chi connectivity index (χ0n) is 13.0. The van der Waals surface area contributed by atoms with E-state index in [-0.39, 0.29) is 25.0 Å². The molecule has 0 saturated carbocycles. The Kier molecular flexibility index (Phi) is 6.62. The number of benzene rings is 2. The van der Waals surface area contributed by atoms with Crippen LogP contribution in [-0.2, 0) is 17.8 Å². The molecule has 2 aromatic carbocycles. The van der Waals surface area contributed by atoms with E-state index in [1.165, 1.54) is 0 Å². The molecule has 0 bridgehead atoms. The van der Waals surface area contributed by atoms with E-state index in [1.807, 2.05) is 48.5 Å². The number of halogens is 1. The smallest absolute Gasteiger partial charge is 0.224 e. The number of aliphatic hydroxyl groups is 1. The summed E-state index contributed by atoms with van der Waals surface area (Å²) in [4.78, 5) is 12.0. The number of nitrogens with one attached hydrogen (secondary N) is 1. The van der Waals surface area contributed by atoms with Crippen LogP contribution in [0.5, 0.6) is 5.75 Å². The molecule has 0 heterocycles. The summed E-state index contributed by atoms with van der Waals surface area (Å²) >= 11 is 3.42. The number of carbonyl (C=O) groups is 1. The highest BCUT2D eigenvalue weighted by molar-refractivity contribution is 9.10. The van der Waals surface area contributed by atoms with Gasteiger partial charge < -0.3 is 15.2 Å². The van der Waals surface area contributed by atoms with Crippen molar-refractivity contribution in [2.24, 2.45) is 0 Å². The van der Waals surface area contributed by atoms with Crippen molar-refractivity contribution in [1.29, 1.82) is 0 Å². The average molecular weight is 378 g/mol. The Balaban J connectivity index is 2.06. The molecule has 4 nitrogen and oxygen atoms in total. The molecule has 1 unspecified atom stereocenters. The molecule has 2 N–H and O–H groups in total. The van der Waals surface area contributed by atoms with E-state index in [0.717, 1.165) is 15.6 Å². The molecule has 2 rings (SSSR count). The predicted molar refractivity (Wildman–Crippen MR) is 93.3 cm³/mol.